The van der Waals surface area contributed by atoms with Crippen LogP contribution in [0.3, 0.4) is 0 Å². The Balaban J connectivity index is 1.70. The van der Waals surface area contributed by atoms with Crippen LogP contribution >= 0.6 is 11.8 Å². The highest BCUT2D eigenvalue weighted by molar-refractivity contribution is 7.98. The number of fused-ring (bicyclic) bond motifs is 1. The Kier molecular flexibility index (Phi) is 5.01. The zero-order valence-electron chi connectivity index (χ0n) is 15.7. The van der Waals surface area contributed by atoms with E-state index >= 15 is 0 Å². The predicted octanol–water partition coefficient (Wildman–Crippen LogP) is 3.02. The first-order chi connectivity index (χ1) is 13.4. The Morgan fingerprint density at radius 1 is 1.11 bits per heavy atom. The number of methoxy groups -OCH3 is 1. The lowest BCUT2D eigenvalue weighted by molar-refractivity contribution is 0.206. The molecule has 0 bridgehead atoms. The highest BCUT2D eigenvalue weighted by Gasteiger charge is 2.53. The van der Waals surface area contributed by atoms with Crippen molar-refractivity contribution >= 4 is 33.3 Å². The number of amides is 2. The molecule has 0 saturated carbocycles. The van der Waals surface area contributed by atoms with Gasteiger partial charge in [-0.2, -0.15) is 0 Å². The van der Waals surface area contributed by atoms with Gasteiger partial charge in [0.1, 0.15) is 5.75 Å². The van der Waals surface area contributed by atoms with E-state index in [0.717, 1.165) is 16.1 Å². The van der Waals surface area contributed by atoms with Crippen LogP contribution in [-0.4, -0.2) is 56.3 Å². The number of sulfone groups is 1. The molecule has 0 unspecified atom stereocenters. The lowest BCUT2D eigenvalue weighted by atomic mass is 10.1. The molecule has 0 aliphatic carbocycles. The van der Waals surface area contributed by atoms with Gasteiger partial charge < -0.3 is 9.64 Å². The minimum atomic E-state index is -3.19. The summed E-state index contributed by atoms with van der Waals surface area (Å²) in [7, 11) is -1.59. The molecule has 28 heavy (non-hydrogen) atoms. The van der Waals surface area contributed by atoms with Gasteiger partial charge in [0, 0.05) is 17.1 Å². The molecule has 2 amide bonds. The summed E-state index contributed by atoms with van der Waals surface area (Å²) in [6, 6.07) is 14.4. The largest absolute Gasteiger partial charge is 0.497 e. The maximum Gasteiger partial charge on any atom is 0.325 e. The fourth-order valence-corrected chi connectivity index (χ4v) is 6.39. The first-order valence-corrected chi connectivity index (χ1v) is 12.0. The summed E-state index contributed by atoms with van der Waals surface area (Å²) in [5.74, 6) is 0.720. The number of anilines is 1. The van der Waals surface area contributed by atoms with Crippen molar-refractivity contribution in [2.75, 3.05) is 29.8 Å². The molecule has 2 aliphatic rings. The highest BCUT2D eigenvalue weighted by atomic mass is 32.2. The maximum atomic E-state index is 13.3. The van der Waals surface area contributed by atoms with E-state index in [1.807, 2.05) is 54.8 Å². The Morgan fingerprint density at radius 3 is 2.61 bits per heavy atom. The van der Waals surface area contributed by atoms with Crippen LogP contribution in [0, 0.1) is 0 Å². The first-order valence-electron chi connectivity index (χ1n) is 8.99. The molecule has 2 saturated heterocycles. The Bertz CT molecular complexity index is 1010. The minimum Gasteiger partial charge on any atom is -0.497 e. The number of benzene rings is 2. The van der Waals surface area contributed by atoms with Gasteiger partial charge in [-0.15, -0.1) is 11.8 Å². The van der Waals surface area contributed by atoms with E-state index in [-0.39, 0.29) is 29.6 Å². The molecule has 8 heteroatoms. The van der Waals surface area contributed by atoms with Crippen LogP contribution in [0.25, 0.3) is 0 Å². The SMILES string of the molecule is COc1cccc(CN2C(=O)N(c3cccc(SC)c3)[C@@H]3CS(=O)(=O)C[C@H]32)c1. The van der Waals surface area contributed by atoms with Crippen LogP contribution in [0.1, 0.15) is 5.56 Å². The number of rotatable bonds is 5. The van der Waals surface area contributed by atoms with Crippen molar-refractivity contribution in [1.29, 1.82) is 0 Å². The summed E-state index contributed by atoms with van der Waals surface area (Å²) in [4.78, 5) is 17.7. The summed E-state index contributed by atoms with van der Waals surface area (Å²) >= 11 is 1.59. The van der Waals surface area contributed by atoms with E-state index in [2.05, 4.69) is 0 Å². The van der Waals surface area contributed by atoms with Crippen LogP contribution in [0.5, 0.6) is 5.75 Å². The van der Waals surface area contributed by atoms with Gasteiger partial charge in [-0.05, 0) is 42.2 Å². The lowest BCUT2D eigenvalue weighted by Crippen LogP contribution is -2.37. The molecule has 4 rings (SSSR count). The molecule has 2 aliphatic heterocycles. The monoisotopic (exact) mass is 418 g/mol. The molecule has 0 radical (unpaired) electrons. The van der Waals surface area contributed by atoms with Crippen LogP contribution in [0.2, 0.25) is 0 Å². The Morgan fingerprint density at radius 2 is 1.86 bits per heavy atom. The molecule has 2 atom stereocenters. The van der Waals surface area contributed by atoms with E-state index in [4.69, 9.17) is 4.74 Å². The van der Waals surface area contributed by atoms with Crippen LogP contribution in [0.4, 0.5) is 10.5 Å². The van der Waals surface area contributed by atoms with Gasteiger partial charge >= 0.3 is 6.03 Å². The number of carbonyl (C=O) groups excluding carboxylic acids is 1. The second kappa shape index (κ2) is 7.33. The van der Waals surface area contributed by atoms with E-state index in [9.17, 15) is 13.2 Å². The summed E-state index contributed by atoms with van der Waals surface area (Å²) in [5.41, 5.74) is 1.66. The number of carbonyl (C=O) groups is 1. The normalized spacial score (nSPS) is 23.1. The van der Waals surface area contributed by atoms with E-state index in [1.165, 1.54) is 0 Å². The average molecular weight is 419 g/mol. The molecular weight excluding hydrogens is 396 g/mol. The fourth-order valence-electron chi connectivity index (χ4n) is 3.99. The Labute approximate surface area is 169 Å². The molecule has 148 valence electrons. The molecule has 0 N–H and O–H groups in total. The van der Waals surface area contributed by atoms with E-state index < -0.39 is 9.84 Å². The topological polar surface area (TPSA) is 66.9 Å². The minimum absolute atomic E-state index is 0.00150. The van der Waals surface area contributed by atoms with E-state index in [0.29, 0.717) is 12.3 Å². The molecule has 2 aromatic rings. The van der Waals surface area contributed by atoms with Crippen molar-refractivity contribution in [3.8, 4) is 5.75 Å². The molecule has 0 aromatic heterocycles. The molecule has 6 nitrogen and oxygen atoms in total. The smallest absolute Gasteiger partial charge is 0.325 e. The van der Waals surface area contributed by atoms with Gasteiger partial charge in [-0.1, -0.05) is 18.2 Å². The third-order valence-corrected chi connectivity index (χ3v) is 7.72. The first kappa shape index (κ1) is 19.1. The van der Waals surface area contributed by atoms with Crippen molar-refractivity contribution in [1.82, 2.24) is 4.90 Å². The molecule has 2 fully saturated rings. The van der Waals surface area contributed by atoms with Crippen molar-refractivity contribution in [2.45, 2.75) is 23.5 Å². The number of thioether (sulfide) groups is 1. The van der Waals surface area contributed by atoms with Crippen LogP contribution in [0.15, 0.2) is 53.4 Å². The van der Waals surface area contributed by atoms with Gasteiger partial charge in [0.25, 0.3) is 0 Å². The summed E-state index contributed by atoms with van der Waals surface area (Å²) in [5, 5.41) is 0. The molecule has 0 spiro atoms. The quantitative estimate of drug-likeness (QED) is 0.552. The summed E-state index contributed by atoms with van der Waals surface area (Å²) < 4.78 is 30.0. The number of hydrogen-bond acceptors (Lipinski definition) is 5. The van der Waals surface area contributed by atoms with E-state index in [1.54, 1.807) is 28.7 Å². The second-order valence-corrected chi connectivity index (χ2v) is 10.1. The fraction of sp³-hybridized carbons (Fsp3) is 0.350. The van der Waals surface area contributed by atoms with Crippen molar-refractivity contribution in [3.63, 3.8) is 0 Å². The highest BCUT2D eigenvalue weighted by Crippen LogP contribution is 2.37. The predicted molar refractivity (Wildman–Crippen MR) is 111 cm³/mol. The Hall–Kier alpha value is -2.19. The third kappa shape index (κ3) is 3.46. The van der Waals surface area contributed by atoms with Crippen molar-refractivity contribution in [3.05, 3.63) is 54.1 Å². The summed E-state index contributed by atoms with van der Waals surface area (Å²) in [6.45, 7) is 0.353. The third-order valence-electron chi connectivity index (χ3n) is 5.30. The molecular formula is C20H22N2O4S2. The molecule has 2 heterocycles. The van der Waals surface area contributed by atoms with Gasteiger partial charge in [0.05, 0.1) is 30.7 Å². The van der Waals surface area contributed by atoms with Crippen molar-refractivity contribution in [2.24, 2.45) is 0 Å². The van der Waals surface area contributed by atoms with Gasteiger partial charge in [-0.3, -0.25) is 4.90 Å². The van der Waals surface area contributed by atoms with Gasteiger partial charge in [0.15, 0.2) is 9.84 Å². The van der Waals surface area contributed by atoms with Gasteiger partial charge in [-0.25, -0.2) is 13.2 Å². The van der Waals surface area contributed by atoms with Gasteiger partial charge in [0.2, 0.25) is 0 Å². The number of urea groups is 1. The van der Waals surface area contributed by atoms with Crippen molar-refractivity contribution < 1.29 is 17.9 Å². The lowest BCUT2D eigenvalue weighted by Gasteiger charge is -2.23. The number of nitrogens with zero attached hydrogens (tertiary/aromatic N) is 2. The molecule has 2 aromatic carbocycles. The standard InChI is InChI=1S/C20H22N2O4S2/c1-26-16-7-3-5-14(9-16)11-21-18-12-28(24,25)13-19(18)22(20(21)23)15-6-4-8-17(10-15)27-2/h3-10,18-19H,11-13H2,1-2H3/t18-,19-/m1/s1. The average Bonchev–Trinajstić information content (AvgIpc) is 3.12. The second-order valence-electron chi connectivity index (χ2n) is 7.05. The number of hydrogen-bond donors (Lipinski definition) is 0. The number of ether oxygens (including phenoxy) is 1. The van der Waals surface area contributed by atoms with Crippen LogP contribution in [-0.2, 0) is 16.4 Å². The van der Waals surface area contributed by atoms with Crippen LogP contribution < -0.4 is 9.64 Å². The maximum absolute atomic E-state index is 13.3. The zero-order chi connectivity index (χ0) is 19.9. The summed E-state index contributed by atoms with van der Waals surface area (Å²) in [6.07, 6.45) is 1.98. The zero-order valence-corrected chi connectivity index (χ0v) is 17.4.